The van der Waals surface area contributed by atoms with Crippen LogP contribution in [0, 0.1) is 0 Å². The van der Waals surface area contributed by atoms with Gasteiger partial charge in [0, 0.05) is 10.4 Å². The first-order valence-corrected chi connectivity index (χ1v) is 7.01. The molecule has 2 rings (SSSR count). The zero-order valence-electron chi connectivity index (χ0n) is 10.3. The average Bonchev–Trinajstić information content (AvgIpc) is 2.82. The van der Waals surface area contributed by atoms with Crippen LogP contribution in [0.4, 0.5) is 0 Å². The van der Waals surface area contributed by atoms with Crippen LogP contribution in [-0.2, 0) is 0 Å². The number of nitrogens with zero attached hydrogens (tertiary/aromatic N) is 1. The van der Waals surface area contributed by atoms with E-state index in [1.54, 1.807) is 11.3 Å². The number of nitrogens with two attached hydrogens (primary N) is 1. The second-order valence-corrected chi connectivity index (χ2v) is 6.03. The van der Waals surface area contributed by atoms with Crippen molar-refractivity contribution >= 4 is 11.3 Å². The fraction of sp³-hybridized carbons (Fsp3) is 0.692. The van der Waals surface area contributed by atoms with Gasteiger partial charge in [0.15, 0.2) is 0 Å². The molecular weight excluding hydrogens is 216 g/mol. The number of thiophene rings is 1. The quantitative estimate of drug-likeness (QED) is 0.877. The molecule has 1 aliphatic carbocycles. The minimum atomic E-state index is 0.169. The van der Waals surface area contributed by atoms with Crippen molar-refractivity contribution in [3.63, 3.8) is 0 Å². The van der Waals surface area contributed by atoms with Crippen molar-refractivity contribution in [3.8, 4) is 0 Å². The van der Waals surface area contributed by atoms with Gasteiger partial charge >= 0.3 is 0 Å². The molecule has 1 unspecified atom stereocenters. The van der Waals surface area contributed by atoms with Crippen LogP contribution < -0.4 is 5.73 Å². The Morgan fingerprint density at radius 1 is 1.31 bits per heavy atom. The van der Waals surface area contributed by atoms with Gasteiger partial charge in [-0.1, -0.05) is 25.3 Å². The molecule has 1 aliphatic rings. The van der Waals surface area contributed by atoms with Gasteiger partial charge in [-0.15, -0.1) is 11.3 Å². The molecule has 90 valence electrons. The molecule has 1 heterocycles. The van der Waals surface area contributed by atoms with E-state index >= 15 is 0 Å². The van der Waals surface area contributed by atoms with E-state index in [0.29, 0.717) is 0 Å². The van der Waals surface area contributed by atoms with E-state index in [1.165, 1.54) is 37.0 Å². The van der Waals surface area contributed by atoms with Crippen LogP contribution in [0.3, 0.4) is 0 Å². The molecule has 2 N–H and O–H groups in total. The van der Waals surface area contributed by atoms with Gasteiger partial charge in [0.1, 0.15) is 0 Å². The Hall–Kier alpha value is -0.380. The fourth-order valence-electron chi connectivity index (χ4n) is 2.93. The van der Waals surface area contributed by atoms with E-state index in [2.05, 4.69) is 36.5 Å². The van der Waals surface area contributed by atoms with E-state index in [-0.39, 0.29) is 11.6 Å². The Morgan fingerprint density at radius 2 is 2.00 bits per heavy atom. The smallest absolute Gasteiger partial charge is 0.0576 e. The van der Waals surface area contributed by atoms with Crippen molar-refractivity contribution in [3.05, 3.63) is 22.4 Å². The lowest BCUT2D eigenvalue weighted by molar-refractivity contribution is 0.0725. The highest BCUT2D eigenvalue weighted by Gasteiger charge is 2.40. The zero-order chi connectivity index (χ0) is 11.6. The minimum Gasteiger partial charge on any atom is -0.322 e. The van der Waals surface area contributed by atoms with E-state index in [4.69, 9.17) is 5.73 Å². The van der Waals surface area contributed by atoms with Crippen molar-refractivity contribution in [1.82, 2.24) is 4.90 Å². The predicted molar refractivity (Wildman–Crippen MR) is 70.8 cm³/mol. The lowest BCUT2D eigenvalue weighted by Crippen LogP contribution is -2.53. The third kappa shape index (κ3) is 2.04. The van der Waals surface area contributed by atoms with Crippen molar-refractivity contribution in [2.24, 2.45) is 5.73 Å². The van der Waals surface area contributed by atoms with Crippen molar-refractivity contribution < 1.29 is 0 Å². The molecule has 0 amide bonds. The summed E-state index contributed by atoms with van der Waals surface area (Å²) in [5.41, 5.74) is 6.70. The molecule has 0 aromatic carbocycles. The van der Waals surface area contributed by atoms with Gasteiger partial charge in [0.2, 0.25) is 0 Å². The largest absolute Gasteiger partial charge is 0.322 e. The first-order valence-electron chi connectivity index (χ1n) is 6.13. The van der Waals surface area contributed by atoms with Crippen LogP contribution in [-0.4, -0.2) is 24.5 Å². The van der Waals surface area contributed by atoms with Gasteiger partial charge < -0.3 is 10.6 Å². The van der Waals surface area contributed by atoms with Gasteiger partial charge in [-0.05, 0) is 38.4 Å². The molecule has 2 nitrogen and oxygen atoms in total. The molecule has 0 aliphatic heterocycles. The highest BCUT2D eigenvalue weighted by Crippen LogP contribution is 2.41. The summed E-state index contributed by atoms with van der Waals surface area (Å²) in [5.74, 6) is 0. The molecule has 1 atom stereocenters. The Morgan fingerprint density at radius 3 is 2.50 bits per heavy atom. The summed E-state index contributed by atoms with van der Waals surface area (Å²) in [6.45, 7) is 0. The summed E-state index contributed by atoms with van der Waals surface area (Å²) in [7, 11) is 4.36. The maximum Gasteiger partial charge on any atom is 0.0576 e. The normalized spacial score (nSPS) is 22.2. The lowest BCUT2D eigenvalue weighted by Gasteiger charge is -2.46. The maximum atomic E-state index is 6.52. The van der Waals surface area contributed by atoms with Gasteiger partial charge in [0.25, 0.3) is 0 Å². The van der Waals surface area contributed by atoms with E-state index in [0.717, 1.165) is 0 Å². The standard InChI is InChI=1S/C13H22N2S/c1-15(2)13(8-4-3-5-9-13)12(14)11-7-6-10-16-11/h6-7,10,12H,3-5,8-9,14H2,1-2H3. The van der Waals surface area contributed by atoms with Crippen LogP contribution in [0.5, 0.6) is 0 Å². The summed E-state index contributed by atoms with van der Waals surface area (Å²) >= 11 is 1.79. The molecule has 1 aromatic heterocycles. The third-order valence-corrected chi connectivity index (χ3v) is 4.99. The highest BCUT2D eigenvalue weighted by molar-refractivity contribution is 7.10. The second kappa shape index (κ2) is 4.86. The van der Waals surface area contributed by atoms with E-state index in [1.807, 2.05) is 0 Å². The monoisotopic (exact) mass is 238 g/mol. The summed E-state index contributed by atoms with van der Waals surface area (Å²) in [4.78, 5) is 3.69. The minimum absolute atomic E-state index is 0.169. The molecule has 1 aromatic rings. The molecule has 0 radical (unpaired) electrons. The zero-order valence-corrected chi connectivity index (χ0v) is 11.1. The topological polar surface area (TPSA) is 29.3 Å². The first kappa shape index (κ1) is 12.1. The average molecular weight is 238 g/mol. The highest BCUT2D eigenvalue weighted by atomic mass is 32.1. The SMILES string of the molecule is CN(C)C1(C(N)c2cccs2)CCCCC1. The number of hydrogen-bond donors (Lipinski definition) is 1. The third-order valence-electron chi connectivity index (χ3n) is 4.04. The summed E-state index contributed by atoms with van der Waals surface area (Å²) in [6.07, 6.45) is 6.47. The number of rotatable bonds is 3. The molecular formula is C13H22N2S. The Kier molecular flexibility index (Phi) is 3.67. The number of hydrogen-bond acceptors (Lipinski definition) is 3. The summed E-state index contributed by atoms with van der Waals surface area (Å²) in [5, 5.41) is 2.13. The van der Waals surface area contributed by atoms with Crippen LogP contribution in [0.25, 0.3) is 0 Å². The molecule has 0 spiro atoms. The molecule has 16 heavy (non-hydrogen) atoms. The van der Waals surface area contributed by atoms with Crippen molar-refractivity contribution in [2.45, 2.75) is 43.7 Å². The van der Waals surface area contributed by atoms with Crippen molar-refractivity contribution in [2.75, 3.05) is 14.1 Å². The van der Waals surface area contributed by atoms with Gasteiger partial charge in [-0.2, -0.15) is 0 Å². The van der Waals surface area contributed by atoms with Gasteiger partial charge in [-0.3, -0.25) is 0 Å². The molecule has 3 heteroatoms. The van der Waals surface area contributed by atoms with Crippen LogP contribution in [0.1, 0.15) is 43.0 Å². The Labute approximate surface area is 102 Å². The van der Waals surface area contributed by atoms with Gasteiger partial charge in [0.05, 0.1) is 6.04 Å². The fourth-order valence-corrected chi connectivity index (χ4v) is 3.77. The first-order chi connectivity index (χ1) is 7.67. The van der Waals surface area contributed by atoms with Gasteiger partial charge in [-0.25, -0.2) is 0 Å². The Balaban J connectivity index is 2.25. The van der Waals surface area contributed by atoms with Crippen LogP contribution in [0.15, 0.2) is 17.5 Å². The summed E-state index contributed by atoms with van der Waals surface area (Å²) < 4.78 is 0. The number of likely N-dealkylation sites (N-methyl/N-ethyl adjacent to an activating group) is 1. The van der Waals surface area contributed by atoms with Crippen LogP contribution >= 0.6 is 11.3 Å². The lowest BCUT2D eigenvalue weighted by atomic mass is 9.75. The summed E-state index contributed by atoms with van der Waals surface area (Å²) in [6, 6.07) is 4.45. The van der Waals surface area contributed by atoms with Crippen molar-refractivity contribution in [1.29, 1.82) is 0 Å². The Bertz CT molecular complexity index is 313. The maximum absolute atomic E-state index is 6.52. The molecule has 1 saturated carbocycles. The molecule has 0 saturated heterocycles. The predicted octanol–water partition coefficient (Wildman–Crippen LogP) is 3.01. The van der Waals surface area contributed by atoms with E-state index < -0.39 is 0 Å². The van der Waals surface area contributed by atoms with E-state index in [9.17, 15) is 0 Å². The molecule has 1 fully saturated rings. The molecule has 0 bridgehead atoms. The van der Waals surface area contributed by atoms with Crippen LogP contribution in [0.2, 0.25) is 0 Å². The second-order valence-electron chi connectivity index (χ2n) is 5.05.